The van der Waals surface area contributed by atoms with E-state index in [9.17, 15) is 0 Å². The Labute approximate surface area is 125 Å². The van der Waals surface area contributed by atoms with Crippen molar-refractivity contribution in [1.82, 2.24) is 9.78 Å². The molecule has 6 heteroatoms. The van der Waals surface area contributed by atoms with E-state index in [1.165, 1.54) is 0 Å². The fourth-order valence-corrected chi connectivity index (χ4v) is 2.75. The number of nitrogens with two attached hydrogens (primary N) is 1. The molecule has 102 valence electrons. The van der Waals surface area contributed by atoms with Gasteiger partial charge in [-0.15, -0.1) is 0 Å². The lowest BCUT2D eigenvalue weighted by molar-refractivity contribution is 0.406. The molecule has 0 aliphatic heterocycles. The molecular formula is C13H15BrClN3O. The second kappa shape index (κ2) is 5.94. The zero-order valence-corrected chi connectivity index (χ0v) is 13.1. The molecule has 1 aromatic carbocycles. The summed E-state index contributed by atoms with van der Waals surface area (Å²) in [5, 5.41) is 4.90. The summed E-state index contributed by atoms with van der Waals surface area (Å²) in [6, 6.07) is 5.07. The van der Waals surface area contributed by atoms with Crippen molar-refractivity contribution < 1.29 is 4.74 Å². The molecule has 0 saturated heterocycles. The molecule has 0 fully saturated rings. The Kier molecular flexibility index (Phi) is 4.50. The van der Waals surface area contributed by atoms with Gasteiger partial charge in [0.05, 0.1) is 29.5 Å². The Hall–Kier alpha value is -1.04. The van der Waals surface area contributed by atoms with Crippen LogP contribution in [-0.2, 0) is 6.54 Å². The van der Waals surface area contributed by atoms with Crippen molar-refractivity contribution in [2.24, 2.45) is 5.73 Å². The van der Waals surface area contributed by atoms with Crippen LogP contribution in [0, 0.1) is 0 Å². The van der Waals surface area contributed by atoms with Crippen LogP contribution >= 0.6 is 27.5 Å². The maximum absolute atomic E-state index is 6.35. The first kappa shape index (κ1) is 14.4. The van der Waals surface area contributed by atoms with E-state index in [1.54, 1.807) is 19.4 Å². The van der Waals surface area contributed by atoms with Gasteiger partial charge in [-0.05, 0) is 41.1 Å². The standard InChI is InChI=1S/C13H15BrClN3O/c1-3-18-13(10(14)7-17-18)12(16)9-6-8(15)4-5-11(9)19-2/h4-7,12H,3,16H2,1-2H3. The zero-order valence-electron chi connectivity index (χ0n) is 10.7. The molecule has 1 atom stereocenters. The summed E-state index contributed by atoms with van der Waals surface area (Å²) in [6.45, 7) is 2.77. The minimum atomic E-state index is -0.356. The van der Waals surface area contributed by atoms with Gasteiger partial charge in [0.25, 0.3) is 0 Å². The molecule has 0 aliphatic carbocycles. The molecule has 2 rings (SSSR count). The summed E-state index contributed by atoms with van der Waals surface area (Å²) in [4.78, 5) is 0. The van der Waals surface area contributed by atoms with Gasteiger partial charge in [0, 0.05) is 17.1 Å². The van der Waals surface area contributed by atoms with Gasteiger partial charge in [0.1, 0.15) is 5.75 Å². The first-order chi connectivity index (χ1) is 9.08. The minimum Gasteiger partial charge on any atom is -0.496 e. The molecule has 0 aliphatic rings. The van der Waals surface area contributed by atoms with Gasteiger partial charge in [0.15, 0.2) is 0 Å². The molecule has 2 aromatic rings. The summed E-state index contributed by atoms with van der Waals surface area (Å²) >= 11 is 9.53. The third-order valence-corrected chi connectivity index (χ3v) is 3.80. The number of hydrogen-bond donors (Lipinski definition) is 1. The molecular weight excluding hydrogens is 330 g/mol. The Morgan fingerprint density at radius 1 is 1.53 bits per heavy atom. The van der Waals surface area contributed by atoms with Crippen LogP contribution in [0.4, 0.5) is 0 Å². The number of rotatable bonds is 4. The Balaban J connectivity index is 2.51. The van der Waals surface area contributed by atoms with E-state index in [4.69, 9.17) is 22.1 Å². The Bertz CT molecular complexity index is 585. The molecule has 0 saturated carbocycles. The van der Waals surface area contributed by atoms with Crippen LogP contribution in [0.25, 0.3) is 0 Å². The van der Waals surface area contributed by atoms with Crippen molar-refractivity contribution in [3.05, 3.63) is 45.1 Å². The summed E-state index contributed by atoms with van der Waals surface area (Å²) < 4.78 is 8.08. The smallest absolute Gasteiger partial charge is 0.124 e. The number of hydrogen-bond acceptors (Lipinski definition) is 3. The highest BCUT2D eigenvalue weighted by Crippen LogP contribution is 2.33. The van der Waals surface area contributed by atoms with E-state index in [0.29, 0.717) is 10.8 Å². The number of methoxy groups -OCH3 is 1. The summed E-state index contributed by atoms with van der Waals surface area (Å²) in [7, 11) is 1.62. The number of halogens is 2. The maximum Gasteiger partial charge on any atom is 0.124 e. The van der Waals surface area contributed by atoms with Crippen molar-refractivity contribution in [3.63, 3.8) is 0 Å². The van der Waals surface area contributed by atoms with Crippen LogP contribution in [0.1, 0.15) is 24.2 Å². The molecule has 19 heavy (non-hydrogen) atoms. The van der Waals surface area contributed by atoms with Gasteiger partial charge in [0.2, 0.25) is 0 Å². The van der Waals surface area contributed by atoms with E-state index in [-0.39, 0.29) is 6.04 Å². The Morgan fingerprint density at radius 2 is 2.26 bits per heavy atom. The fourth-order valence-electron chi connectivity index (χ4n) is 2.03. The molecule has 1 unspecified atom stereocenters. The summed E-state index contributed by atoms with van der Waals surface area (Å²) in [5.41, 5.74) is 8.10. The average Bonchev–Trinajstić information content (AvgIpc) is 2.79. The third kappa shape index (κ3) is 2.78. The predicted molar refractivity (Wildman–Crippen MR) is 79.6 cm³/mol. The van der Waals surface area contributed by atoms with E-state index in [1.807, 2.05) is 23.7 Å². The SMILES string of the molecule is CCn1ncc(Br)c1C(N)c1cc(Cl)ccc1OC. The van der Waals surface area contributed by atoms with Crippen LogP contribution in [0.15, 0.2) is 28.9 Å². The summed E-state index contributed by atoms with van der Waals surface area (Å²) in [5.74, 6) is 0.715. The molecule has 0 spiro atoms. The van der Waals surface area contributed by atoms with E-state index >= 15 is 0 Å². The van der Waals surface area contributed by atoms with Gasteiger partial charge >= 0.3 is 0 Å². The van der Waals surface area contributed by atoms with E-state index < -0.39 is 0 Å². The first-order valence-electron chi connectivity index (χ1n) is 5.88. The van der Waals surface area contributed by atoms with Gasteiger partial charge < -0.3 is 10.5 Å². The number of ether oxygens (including phenoxy) is 1. The van der Waals surface area contributed by atoms with Crippen LogP contribution < -0.4 is 10.5 Å². The fraction of sp³-hybridized carbons (Fsp3) is 0.308. The summed E-state index contributed by atoms with van der Waals surface area (Å²) in [6.07, 6.45) is 1.75. The minimum absolute atomic E-state index is 0.356. The lowest BCUT2D eigenvalue weighted by atomic mass is 10.0. The zero-order chi connectivity index (χ0) is 14.0. The number of benzene rings is 1. The number of aryl methyl sites for hydroxylation is 1. The number of aromatic nitrogens is 2. The second-order valence-electron chi connectivity index (χ2n) is 4.06. The molecule has 2 N–H and O–H groups in total. The van der Waals surface area contributed by atoms with Crippen molar-refractivity contribution in [3.8, 4) is 5.75 Å². The quantitative estimate of drug-likeness (QED) is 0.925. The van der Waals surface area contributed by atoms with Crippen LogP contribution in [0.5, 0.6) is 5.75 Å². The van der Waals surface area contributed by atoms with Gasteiger partial charge in [-0.25, -0.2) is 0 Å². The lowest BCUT2D eigenvalue weighted by Crippen LogP contribution is -2.18. The van der Waals surface area contributed by atoms with Crippen molar-refractivity contribution >= 4 is 27.5 Å². The highest BCUT2D eigenvalue weighted by molar-refractivity contribution is 9.10. The van der Waals surface area contributed by atoms with Crippen LogP contribution in [0.2, 0.25) is 5.02 Å². The molecule has 4 nitrogen and oxygen atoms in total. The lowest BCUT2D eigenvalue weighted by Gasteiger charge is -2.18. The monoisotopic (exact) mass is 343 g/mol. The van der Waals surface area contributed by atoms with Crippen molar-refractivity contribution in [2.45, 2.75) is 19.5 Å². The van der Waals surface area contributed by atoms with Crippen LogP contribution in [0.3, 0.4) is 0 Å². The average molecular weight is 345 g/mol. The topological polar surface area (TPSA) is 53.1 Å². The van der Waals surface area contributed by atoms with Gasteiger partial charge in [-0.2, -0.15) is 5.10 Å². The van der Waals surface area contributed by atoms with Gasteiger partial charge in [-0.1, -0.05) is 11.6 Å². The number of nitrogens with zero attached hydrogens (tertiary/aromatic N) is 2. The maximum atomic E-state index is 6.35. The van der Waals surface area contributed by atoms with E-state index in [2.05, 4.69) is 21.0 Å². The molecule has 0 bridgehead atoms. The molecule has 1 heterocycles. The molecule has 1 aromatic heterocycles. The normalized spacial score (nSPS) is 12.5. The van der Waals surface area contributed by atoms with Crippen LogP contribution in [-0.4, -0.2) is 16.9 Å². The predicted octanol–water partition coefficient (Wildman–Crippen LogP) is 3.38. The van der Waals surface area contributed by atoms with Gasteiger partial charge in [-0.3, -0.25) is 4.68 Å². The van der Waals surface area contributed by atoms with Crippen molar-refractivity contribution in [2.75, 3.05) is 7.11 Å². The first-order valence-corrected chi connectivity index (χ1v) is 7.05. The van der Waals surface area contributed by atoms with Crippen molar-refractivity contribution in [1.29, 1.82) is 0 Å². The second-order valence-corrected chi connectivity index (χ2v) is 5.35. The Morgan fingerprint density at radius 3 is 2.89 bits per heavy atom. The highest BCUT2D eigenvalue weighted by atomic mass is 79.9. The highest BCUT2D eigenvalue weighted by Gasteiger charge is 2.21. The molecule has 0 radical (unpaired) electrons. The third-order valence-electron chi connectivity index (χ3n) is 2.95. The largest absolute Gasteiger partial charge is 0.496 e. The molecule has 0 amide bonds. The van der Waals surface area contributed by atoms with E-state index in [0.717, 1.165) is 22.3 Å².